The summed E-state index contributed by atoms with van der Waals surface area (Å²) >= 11 is 0. The maximum atomic E-state index is 14.1. The van der Waals surface area contributed by atoms with Crippen LogP contribution in [0, 0.1) is 11.8 Å². The summed E-state index contributed by atoms with van der Waals surface area (Å²) in [7, 11) is 0. The molecular weight excluding hydrogens is 618 g/mol. The van der Waals surface area contributed by atoms with Crippen LogP contribution in [-0.4, -0.2) is 66.2 Å². The first-order valence-corrected chi connectivity index (χ1v) is 16.9. The first-order valence-electron chi connectivity index (χ1n) is 16.9. The molecule has 0 bridgehead atoms. The van der Waals surface area contributed by atoms with Crippen molar-refractivity contribution in [2.75, 3.05) is 26.2 Å². The van der Waals surface area contributed by atoms with Crippen LogP contribution in [0.5, 0.6) is 0 Å². The van der Waals surface area contributed by atoms with Gasteiger partial charge in [0, 0.05) is 25.9 Å². The van der Waals surface area contributed by atoms with E-state index in [1.165, 1.54) is 11.8 Å². The fraction of sp³-hybridized carbons (Fsp3) is 0.350. The summed E-state index contributed by atoms with van der Waals surface area (Å²) in [5, 5.41) is 18.1. The molecule has 0 saturated carbocycles. The van der Waals surface area contributed by atoms with Crippen LogP contribution >= 0.6 is 0 Å². The minimum atomic E-state index is -1.25. The second kappa shape index (κ2) is 18.4. The number of nitrogens with one attached hydrogen (secondary N) is 2. The summed E-state index contributed by atoms with van der Waals surface area (Å²) in [5.41, 5.74) is 2.79. The molecule has 4 aromatic carbocycles. The lowest BCUT2D eigenvalue weighted by molar-refractivity contribution is -0.149. The Bertz CT molecular complexity index is 1680. The molecule has 258 valence electrons. The average molecular weight is 666 g/mol. The lowest BCUT2D eigenvalue weighted by atomic mass is 9.85. The third kappa shape index (κ3) is 11.5. The molecule has 4 aromatic rings. The number of hydrogen-bond acceptors (Lipinski definition) is 5. The second-order valence-electron chi connectivity index (χ2n) is 12.8. The monoisotopic (exact) mass is 665 g/mol. The van der Waals surface area contributed by atoms with Gasteiger partial charge in [-0.05, 0) is 52.6 Å². The Morgan fingerprint density at radius 1 is 0.796 bits per heavy atom. The van der Waals surface area contributed by atoms with Crippen LogP contribution < -0.4 is 10.6 Å². The van der Waals surface area contributed by atoms with E-state index in [1.54, 1.807) is 0 Å². The Morgan fingerprint density at radius 3 is 2.06 bits per heavy atom. The van der Waals surface area contributed by atoms with E-state index in [-0.39, 0.29) is 31.5 Å². The van der Waals surface area contributed by atoms with Crippen LogP contribution in [-0.2, 0) is 32.0 Å². The van der Waals surface area contributed by atoms with Crippen molar-refractivity contribution in [3.8, 4) is 0 Å². The number of aryl methyl sites for hydroxylation is 1. The maximum Gasteiger partial charge on any atom is 0.326 e. The molecule has 0 saturated heterocycles. The lowest BCUT2D eigenvalue weighted by Crippen LogP contribution is -2.53. The Balaban J connectivity index is 1.60. The summed E-state index contributed by atoms with van der Waals surface area (Å²) in [6, 6.07) is 31.4. The number of benzene rings is 4. The fourth-order valence-corrected chi connectivity index (χ4v) is 6.01. The zero-order valence-electron chi connectivity index (χ0n) is 28.5. The molecule has 9 heteroatoms. The van der Waals surface area contributed by atoms with Crippen LogP contribution in [0.3, 0.4) is 0 Å². The van der Waals surface area contributed by atoms with Gasteiger partial charge in [-0.15, -0.1) is 0 Å². The van der Waals surface area contributed by atoms with Crippen molar-refractivity contribution in [1.29, 1.82) is 0 Å². The number of aliphatic carboxylic acids is 1. The van der Waals surface area contributed by atoms with Crippen molar-refractivity contribution in [3.05, 3.63) is 120 Å². The van der Waals surface area contributed by atoms with Gasteiger partial charge in [-0.2, -0.15) is 0 Å². The highest BCUT2D eigenvalue weighted by atomic mass is 16.5. The van der Waals surface area contributed by atoms with E-state index in [4.69, 9.17) is 4.74 Å². The lowest BCUT2D eigenvalue weighted by Gasteiger charge is -2.32. The number of urea groups is 1. The molecule has 3 N–H and O–H groups in total. The van der Waals surface area contributed by atoms with Gasteiger partial charge in [-0.25, -0.2) is 9.59 Å². The van der Waals surface area contributed by atoms with Gasteiger partial charge in [-0.3, -0.25) is 9.59 Å². The van der Waals surface area contributed by atoms with Gasteiger partial charge in [0.1, 0.15) is 12.6 Å². The standard InChI is InChI=1S/C40H47N3O6/c1-28(2)26-43(27-35(19-18-30-12-6-4-7-13-30)39(47)49-23-22-41-29(3)44)40(48)42-37(38(45)46)36(24-31-14-8-5-9-15-31)34-21-20-32-16-10-11-17-33(32)25-34/h4-17,20-21,25,28,35-37H,18-19,22-24,26-27H2,1-3H3,(H,41,44)(H,42,48)(H,45,46)/t35-,36?,37-/m0/s1. The van der Waals surface area contributed by atoms with E-state index in [2.05, 4.69) is 10.6 Å². The van der Waals surface area contributed by atoms with E-state index in [9.17, 15) is 24.3 Å². The number of carboxylic acid groups (broad SMARTS) is 1. The van der Waals surface area contributed by atoms with E-state index in [0.29, 0.717) is 25.8 Å². The molecule has 9 nitrogen and oxygen atoms in total. The number of hydrogen-bond donors (Lipinski definition) is 3. The van der Waals surface area contributed by atoms with Crippen LogP contribution in [0.2, 0.25) is 0 Å². The molecule has 3 amide bonds. The van der Waals surface area contributed by atoms with Gasteiger partial charge < -0.3 is 25.4 Å². The molecule has 4 rings (SSSR count). The van der Waals surface area contributed by atoms with Gasteiger partial charge >= 0.3 is 18.0 Å². The van der Waals surface area contributed by atoms with Crippen LogP contribution in [0.25, 0.3) is 10.8 Å². The predicted octanol–water partition coefficient (Wildman–Crippen LogP) is 6.22. The molecule has 3 atom stereocenters. The molecule has 0 aliphatic rings. The average Bonchev–Trinajstić information content (AvgIpc) is 3.09. The molecule has 0 aliphatic carbocycles. The number of carbonyl (C=O) groups is 4. The van der Waals surface area contributed by atoms with Crippen molar-refractivity contribution < 1.29 is 29.0 Å². The zero-order valence-corrected chi connectivity index (χ0v) is 28.5. The van der Waals surface area contributed by atoms with Crippen LogP contribution in [0.1, 0.15) is 49.8 Å². The molecule has 1 unspecified atom stereocenters. The van der Waals surface area contributed by atoms with Crippen LogP contribution in [0.15, 0.2) is 103 Å². The number of ether oxygens (including phenoxy) is 1. The van der Waals surface area contributed by atoms with Gasteiger partial charge in [0.25, 0.3) is 0 Å². The number of rotatable bonds is 17. The highest BCUT2D eigenvalue weighted by molar-refractivity contribution is 5.86. The molecular formula is C40H47N3O6. The van der Waals surface area contributed by atoms with Crippen LogP contribution in [0.4, 0.5) is 4.79 Å². The number of fused-ring (bicyclic) bond motifs is 1. The third-order valence-electron chi connectivity index (χ3n) is 8.44. The number of esters is 1. The van der Waals surface area contributed by atoms with Crippen molar-refractivity contribution in [1.82, 2.24) is 15.5 Å². The molecule has 0 fully saturated rings. The Hall–Kier alpha value is -5.18. The highest BCUT2D eigenvalue weighted by Crippen LogP contribution is 2.29. The summed E-state index contributed by atoms with van der Waals surface area (Å²) in [4.78, 5) is 53.3. The first-order chi connectivity index (χ1) is 23.6. The maximum absolute atomic E-state index is 14.1. The molecule has 0 aromatic heterocycles. The number of nitrogens with zero attached hydrogens (tertiary/aromatic N) is 1. The second-order valence-corrected chi connectivity index (χ2v) is 12.8. The van der Waals surface area contributed by atoms with E-state index in [1.807, 2.05) is 117 Å². The molecule has 49 heavy (non-hydrogen) atoms. The zero-order chi connectivity index (χ0) is 35.2. The van der Waals surface area contributed by atoms with Gasteiger partial charge in [0.15, 0.2) is 0 Å². The quantitative estimate of drug-likeness (QED) is 0.0910. The topological polar surface area (TPSA) is 125 Å². The summed E-state index contributed by atoms with van der Waals surface area (Å²) in [5.74, 6) is -3.06. The van der Waals surface area contributed by atoms with E-state index in [0.717, 1.165) is 27.5 Å². The van der Waals surface area contributed by atoms with E-state index >= 15 is 0 Å². The largest absolute Gasteiger partial charge is 0.480 e. The smallest absolute Gasteiger partial charge is 0.326 e. The molecule has 0 heterocycles. The molecule has 0 aliphatic heterocycles. The fourth-order valence-electron chi connectivity index (χ4n) is 6.01. The Morgan fingerprint density at radius 2 is 1.43 bits per heavy atom. The van der Waals surface area contributed by atoms with Crippen molar-refractivity contribution >= 4 is 34.6 Å². The predicted molar refractivity (Wildman–Crippen MR) is 191 cm³/mol. The summed E-state index contributed by atoms with van der Waals surface area (Å²) in [6.45, 7) is 5.85. The third-order valence-corrected chi connectivity index (χ3v) is 8.44. The van der Waals surface area contributed by atoms with Crippen molar-refractivity contribution in [2.45, 2.75) is 52.0 Å². The Kier molecular flexibility index (Phi) is 13.8. The SMILES string of the molecule is CC(=O)NCCOC(=O)[C@@H](CCc1ccccc1)CN(CC(C)C)C(=O)N[C@H](C(=O)O)C(Cc1ccccc1)c1ccc2ccccc2c1. The molecule has 0 radical (unpaired) electrons. The van der Waals surface area contributed by atoms with Gasteiger partial charge in [0.05, 0.1) is 12.5 Å². The number of carbonyl (C=O) groups excluding carboxylic acids is 3. The summed E-state index contributed by atoms with van der Waals surface area (Å²) < 4.78 is 5.54. The minimum Gasteiger partial charge on any atom is -0.480 e. The van der Waals surface area contributed by atoms with Crippen molar-refractivity contribution in [3.63, 3.8) is 0 Å². The highest BCUT2D eigenvalue weighted by Gasteiger charge is 2.34. The minimum absolute atomic E-state index is 0.00460. The van der Waals surface area contributed by atoms with Crippen molar-refractivity contribution in [2.24, 2.45) is 11.8 Å². The first kappa shape index (κ1) is 36.7. The van der Waals surface area contributed by atoms with Gasteiger partial charge in [-0.1, -0.05) is 117 Å². The molecule has 0 spiro atoms. The number of carboxylic acids is 1. The van der Waals surface area contributed by atoms with E-state index < -0.39 is 35.8 Å². The summed E-state index contributed by atoms with van der Waals surface area (Å²) in [6.07, 6.45) is 1.39. The normalized spacial score (nSPS) is 12.9. The number of amides is 3. The van der Waals surface area contributed by atoms with Gasteiger partial charge in [0.2, 0.25) is 5.91 Å². The Labute approximate surface area is 288 Å².